The van der Waals surface area contributed by atoms with Crippen LogP contribution in [-0.2, 0) is 16.0 Å². The van der Waals surface area contributed by atoms with Crippen molar-refractivity contribution in [1.29, 1.82) is 0 Å². The molecule has 2 rings (SSSR count). The molecule has 0 aliphatic rings. The van der Waals surface area contributed by atoms with Gasteiger partial charge in [-0.1, -0.05) is 37.3 Å². The van der Waals surface area contributed by atoms with E-state index in [-0.39, 0.29) is 19.1 Å². The van der Waals surface area contributed by atoms with Crippen LogP contribution in [0.1, 0.15) is 35.3 Å². The van der Waals surface area contributed by atoms with Gasteiger partial charge in [0.2, 0.25) is 5.91 Å². The van der Waals surface area contributed by atoms with E-state index in [0.29, 0.717) is 11.3 Å². The van der Waals surface area contributed by atoms with Crippen LogP contribution in [0.3, 0.4) is 0 Å². The number of rotatable bonds is 7. The number of aryl methyl sites for hydroxylation is 2. The van der Waals surface area contributed by atoms with E-state index in [4.69, 9.17) is 4.74 Å². The summed E-state index contributed by atoms with van der Waals surface area (Å²) in [7, 11) is 0. The quantitative estimate of drug-likeness (QED) is 0.753. The Bertz CT molecular complexity index is 756. The van der Waals surface area contributed by atoms with Crippen LogP contribution in [0.4, 0.5) is 11.4 Å². The molecule has 0 aromatic heterocycles. The molecule has 5 nitrogen and oxygen atoms in total. The Kier molecular flexibility index (Phi) is 6.57. The minimum atomic E-state index is -0.446. The fourth-order valence-corrected chi connectivity index (χ4v) is 2.62. The van der Waals surface area contributed by atoms with Crippen molar-refractivity contribution < 1.29 is 14.3 Å². The minimum Gasteiger partial charge on any atom is -0.462 e. The number of nitrogens with one attached hydrogen (secondary N) is 2. The van der Waals surface area contributed by atoms with E-state index in [1.165, 1.54) is 5.56 Å². The molecule has 2 N–H and O–H groups in total. The number of esters is 1. The first kappa shape index (κ1) is 18.5. The van der Waals surface area contributed by atoms with Crippen LogP contribution in [-0.4, -0.2) is 25.0 Å². The third-order valence-corrected chi connectivity index (χ3v) is 3.86. The summed E-state index contributed by atoms with van der Waals surface area (Å²) < 4.78 is 5.02. The Hall–Kier alpha value is -2.82. The van der Waals surface area contributed by atoms with Gasteiger partial charge in [0, 0.05) is 5.69 Å². The molecule has 0 heterocycles. The van der Waals surface area contributed by atoms with Gasteiger partial charge >= 0.3 is 5.97 Å². The number of hydrogen-bond acceptors (Lipinski definition) is 4. The zero-order valence-corrected chi connectivity index (χ0v) is 14.9. The SMILES string of the molecule is CCOC(=O)c1ccccc1NC(=O)CNc1c(C)cccc1CC. The molecule has 0 fully saturated rings. The minimum absolute atomic E-state index is 0.120. The van der Waals surface area contributed by atoms with E-state index in [1.54, 1.807) is 31.2 Å². The summed E-state index contributed by atoms with van der Waals surface area (Å²) in [6, 6.07) is 12.9. The maximum Gasteiger partial charge on any atom is 0.340 e. The molecule has 0 bridgehead atoms. The first-order valence-electron chi connectivity index (χ1n) is 8.45. The molecule has 0 saturated carbocycles. The molecule has 25 heavy (non-hydrogen) atoms. The largest absolute Gasteiger partial charge is 0.462 e. The molecule has 0 aliphatic heterocycles. The Morgan fingerprint density at radius 2 is 1.80 bits per heavy atom. The summed E-state index contributed by atoms with van der Waals surface area (Å²) in [5.41, 5.74) is 4.05. The van der Waals surface area contributed by atoms with E-state index in [2.05, 4.69) is 17.6 Å². The molecule has 2 aromatic rings. The van der Waals surface area contributed by atoms with Crippen LogP contribution in [0.25, 0.3) is 0 Å². The van der Waals surface area contributed by atoms with Crippen molar-refractivity contribution >= 4 is 23.3 Å². The summed E-state index contributed by atoms with van der Waals surface area (Å²) in [4.78, 5) is 24.3. The van der Waals surface area contributed by atoms with Gasteiger partial charge in [0.25, 0.3) is 0 Å². The second kappa shape index (κ2) is 8.87. The summed E-state index contributed by atoms with van der Waals surface area (Å²) in [6.07, 6.45) is 0.886. The Labute approximate surface area is 148 Å². The molecule has 0 saturated heterocycles. The van der Waals surface area contributed by atoms with E-state index in [9.17, 15) is 9.59 Å². The summed E-state index contributed by atoms with van der Waals surface area (Å²) in [5.74, 6) is -0.666. The summed E-state index contributed by atoms with van der Waals surface area (Å²) in [5, 5.41) is 5.97. The molecule has 1 amide bonds. The maximum atomic E-state index is 12.3. The van der Waals surface area contributed by atoms with Crippen molar-refractivity contribution in [3.05, 3.63) is 59.2 Å². The molecular formula is C20H24N2O3. The number of anilines is 2. The lowest BCUT2D eigenvalue weighted by Gasteiger charge is -2.15. The standard InChI is InChI=1S/C20H24N2O3/c1-4-15-10-8-9-14(3)19(15)21-13-18(23)22-17-12-7-6-11-16(17)20(24)25-5-2/h6-12,21H,4-5,13H2,1-3H3,(H,22,23). The van der Waals surface area contributed by atoms with Crippen molar-refractivity contribution in [3.63, 3.8) is 0 Å². The highest BCUT2D eigenvalue weighted by Gasteiger charge is 2.14. The number of benzene rings is 2. The molecular weight excluding hydrogens is 316 g/mol. The molecule has 0 unspecified atom stereocenters. The van der Waals surface area contributed by atoms with Gasteiger partial charge in [-0.05, 0) is 43.5 Å². The number of para-hydroxylation sites is 2. The highest BCUT2D eigenvalue weighted by molar-refractivity contribution is 6.02. The smallest absolute Gasteiger partial charge is 0.340 e. The lowest BCUT2D eigenvalue weighted by molar-refractivity contribution is -0.114. The second-order valence-electron chi connectivity index (χ2n) is 5.63. The van der Waals surface area contributed by atoms with E-state index >= 15 is 0 Å². The summed E-state index contributed by atoms with van der Waals surface area (Å²) >= 11 is 0. The van der Waals surface area contributed by atoms with E-state index < -0.39 is 5.97 Å². The zero-order valence-electron chi connectivity index (χ0n) is 14.9. The van der Waals surface area contributed by atoms with Crippen molar-refractivity contribution in [3.8, 4) is 0 Å². The van der Waals surface area contributed by atoms with Crippen LogP contribution in [0, 0.1) is 6.92 Å². The topological polar surface area (TPSA) is 67.4 Å². The Morgan fingerprint density at radius 3 is 2.52 bits per heavy atom. The Morgan fingerprint density at radius 1 is 1.04 bits per heavy atom. The van der Waals surface area contributed by atoms with Crippen molar-refractivity contribution in [1.82, 2.24) is 0 Å². The predicted molar refractivity (Wildman–Crippen MR) is 100 cm³/mol. The van der Waals surface area contributed by atoms with Crippen LogP contribution in [0.15, 0.2) is 42.5 Å². The molecule has 0 spiro atoms. The van der Waals surface area contributed by atoms with Crippen LogP contribution >= 0.6 is 0 Å². The first-order chi connectivity index (χ1) is 12.1. The van der Waals surface area contributed by atoms with Gasteiger partial charge in [-0.2, -0.15) is 0 Å². The van der Waals surface area contributed by atoms with Gasteiger partial charge in [-0.15, -0.1) is 0 Å². The number of carbonyl (C=O) groups is 2. The van der Waals surface area contributed by atoms with Gasteiger partial charge in [-0.25, -0.2) is 4.79 Å². The average molecular weight is 340 g/mol. The predicted octanol–water partition coefficient (Wildman–Crippen LogP) is 3.78. The van der Waals surface area contributed by atoms with Gasteiger partial charge in [0.15, 0.2) is 0 Å². The zero-order chi connectivity index (χ0) is 18.2. The lowest BCUT2D eigenvalue weighted by atomic mass is 10.1. The van der Waals surface area contributed by atoms with E-state index in [0.717, 1.165) is 17.7 Å². The molecule has 132 valence electrons. The summed E-state index contributed by atoms with van der Waals surface area (Å²) in [6.45, 7) is 6.24. The van der Waals surface area contributed by atoms with Gasteiger partial charge in [0.1, 0.15) is 0 Å². The lowest BCUT2D eigenvalue weighted by Crippen LogP contribution is -2.24. The third-order valence-electron chi connectivity index (χ3n) is 3.86. The highest BCUT2D eigenvalue weighted by atomic mass is 16.5. The highest BCUT2D eigenvalue weighted by Crippen LogP contribution is 2.21. The molecule has 0 radical (unpaired) electrons. The third kappa shape index (κ3) is 4.83. The van der Waals surface area contributed by atoms with Gasteiger partial charge < -0.3 is 15.4 Å². The molecule has 0 aliphatic carbocycles. The molecule has 5 heteroatoms. The first-order valence-corrected chi connectivity index (χ1v) is 8.45. The number of hydrogen-bond donors (Lipinski definition) is 2. The van der Waals surface area contributed by atoms with E-state index in [1.807, 2.05) is 25.1 Å². The van der Waals surface area contributed by atoms with Crippen LogP contribution < -0.4 is 10.6 Å². The Balaban J connectivity index is 2.06. The van der Waals surface area contributed by atoms with Crippen molar-refractivity contribution in [2.45, 2.75) is 27.2 Å². The van der Waals surface area contributed by atoms with Gasteiger partial charge in [0.05, 0.1) is 24.4 Å². The van der Waals surface area contributed by atoms with Crippen LogP contribution in [0.2, 0.25) is 0 Å². The number of ether oxygens (including phenoxy) is 1. The fraction of sp³-hybridized carbons (Fsp3) is 0.300. The number of carbonyl (C=O) groups excluding carboxylic acids is 2. The second-order valence-corrected chi connectivity index (χ2v) is 5.63. The fourth-order valence-electron chi connectivity index (χ4n) is 2.62. The molecule has 2 aromatic carbocycles. The monoisotopic (exact) mass is 340 g/mol. The average Bonchev–Trinajstić information content (AvgIpc) is 2.61. The normalized spacial score (nSPS) is 10.2. The van der Waals surface area contributed by atoms with Gasteiger partial charge in [-0.3, -0.25) is 4.79 Å². The van der Waals surface area contributed by atoms with Crippen molar-refractivity contribution in [2.75, 3.05) is 23.8 Å². The van der Waals surface area contributed by atoms with Crippen molar-refractivity contribution in [2.24, 2.45) is 0 Å². The molecule has 0 atom stereocenters. The van der Waals surface area contributed by atoms with Crippen LogP contribution in [0.5, 0.6) is 0 Å². The maximum absolute atomic E-state index is 12.3. The number of amides is 1.